The van der Waals surface area contributed by atoms with E-state index in [0.29, 0.717) is 12.1 Å². The second kappa shape index (κ2) is 6.21. The Labute approximate surface area is 144 Å². The minimum absolute atomic E-state index is 0.138. The van der Waals surface area contributed by atoms with Crippen LogP contribution < -0.4 is 5.32 Å². The smallest absolute Gasteiger partial charge is 0.251 e. The number of benzene rings is 1. The first-order chi connectivity index (χ1) is 11.7. The first-order valence-electron chi connectivity index (χ1n) is 8.01. The van der Waals surface area contributed by atoms with Gasteiger partial charge in [-0.2, -0.15) is 0 Å². The van der Waals surface area contributed by atoms with Crippen LogP contribution in [-0.2, 0) is 19.4 Å². The van der Waals surface area contributed by atoms with Gasteiger partial charge in [0.05, 0.1) is 22.8 Å². The molecule has 1 aromatic carbocycles. The predicted octanol–water partition coefficient (Wildman–Crippen LogP) is 3.70. The van der Waals surface area contributed by atoms with Crippen LogP contribution in [0.15, 0.2) is 42.6 Å². The Bertz CT molecular complexity index is 925. The summed E-state index contributed by atoms with van der Waals surface area (Å²) in [6.45, 7) is 0.399. The van der Waals surface area contributed by atoms with Crippen LogP contribution in [0.1, 0.15) is 33.7 Å². The molecule has 120 valence electrons. The van der Waals surface area contributed by atoms with E-state index in [1.54, 1.807) is 12.3 Å². The quantitative estimate of drug-likeness (QED) is 0.792. The number of hydrogen-bond donors (Lipinski definition) is 1. The summed E-state index contributed by atoms with van der Waals surface area (Å²) in [5.74, 6) is -0.138. The van der Waals surface area contributed by atoms with Gasteiger partial charge in [-0.3, -0.25) is 14.8 Å². The molecule has 0 saturated carbocycles. The lowest BCUT2D eigenvalue weighted by Gasteiger charge is -2.09. The SMILES string of the molecule is O=C(NCc1ccccn1)c1ccc2c(Cl)c3c(nc2c1)CCC3. The van der Waals surface area contributed by atoms with Crippen molar-refractivity contribution < 1.29 is 4.79 Å². The van der Waals surface area contributed by atoms with E-state index < -0.39 is 0 Å². The molecular weight excluding hydrogens is 322 g/mol. The summed E-state index contributed by atoms with van der Waals surface area (Å²) in [6, 6.07) is 11.1. The van der Waals surface area contributed by atoms with Gasteiger partial charge in [-0.1, -0.05) is 23.7 Å². The van der Waals surface area contributed by atoms with E-state index in [-0.39, 0.29) is 5.91 Å². The van der Waals surface area contributed by atoms with Crippen LogP contribution in [0.2, 0.25) is 5.02 Å². The van der Waals surface area contributed by atoms with Gasteiger partial charge in [0, 0.05) is 22.8 Å². The number of fused-ring (bicyclic) bond motifs is 2. The lowest BCUT2D eigenvalue weighted by molar-refractivity contribution is 0.0950. The number of aryl methyl sites for hydroxylation is 1. The molecule has 1 aliphatic carbocycles. The summed E-state index contributed by atoms with van der Waals surface area (Å²) in [6.07, 6.45) is 4.75. The van der Waals surface area contributed by atoms with E-state index in [2.05, 4.69) is 10.3 Å². The molecule has 3 aromatic rings. The predicted molar refractivity (Wildman–Crippen MR) is 94.2 cm³/mol. The minimum atomic E-state index is -0.138. The van der Waals surface area contributed by atoms with Gasteiger partial charge in [-0.05, 0) is 49.1 Å². The second-order valence-electron chi connectivity index (χ2n) is 5.94. The van der Waals surface area contributed by atoms with E-state index in [1.165, 1.54) is 0 Å². The molecule has 0 atom stereocenters. The van der Waals surface area contributed by atoms with Crippen LogP contribution in [0.25, 0.3) is 10.9 Å². The average molecular weight is 338 g/mol. The molecule has 24 heavy (non-hydrogen) atoms. The van der Waals surface area contributed by atoms with Crippen LogP contribution >= 0.6 is 11.6 Å². The van der Waals surface area contributed by atoms with Gasteiger partial charge in [0.15, 0.2) is 0 Å². The summed E-state index contributed by atoms with van der Waals surface area (Å²) in [7, 11) is 0. The second-order valence-corrected chi connectivity index (χ2v) is 6.32. The number of halogens is 1. The first-order valence-corrected chi connectivity index (χ1v) is 8.39. The fourth-order valence-electron chi connectivity index (χ4n) is 3.12. The highest BCUT2D eigenvalue weighted by Crippen LogP contribution is 2.33. The van der Waals surface area contributed by atoms with E-state index in [0.717, 1.165) is 52.1 Å². The summed E-state index contributed by atoms with van der Waals surface area (Å²) >= 11 is 6.51. The van der Waals surface area contributed by atoms with Crippen molar-refractivity contribution >= 4 is 28.4 Å². The topological polar surface area (TPSA) is 54.9 Å². The van der Waals surface area contributed by atoms with Crippen molar-refractivity contribution in [2.45, 2.75) is 25.8 Å². The zero-order chi connectivity index (χ0) is 16.5. The molecule has 5 heteroatoms. The number of pyridine rings is 2. The minimum Gasteiger partial charge on any atom is -0.346 e. The molecular formula is C19H16ClN3O. The van der Waals surface area contributed by atoms with Gasteiger partial charge < -0.3 is 5.32 Å². The number of carbonyl (C=O) groups excluding carboxylic acids is 1. The van der Waals surface area contributed by atoms with E-state index in [9.17, 15) is 4.79 Å². The molecule has 0 radical (unpaired) electrons. The third-order valence-electron chi connectivity index (χ3n) is 4.36. The van der Waals surface area contributed by atoms with Crippen LogP contribution in [0.5, 0.6) is 0 Å². The van der Waals surface area contributed by atoms with Gasteiger partial charge in [0.1, 0.15) is 0 Å². The number of aromatic nitrogens is 2. The van der Waals surface area contributed by atoms with Gasteiger partial charge in [-0.15, -0.1) is 0 Å². The van der Waals surface area contributed by atoms with Crippen LogP contribution in [0.3, 0.4) is 0 Å². The molecule has 1 aliphatic rings. The van der Waals surface area contributed by atoms with E-state index in [4.69, 9.17) is 16.6 Å². The van der Waals surface area contributed by atoms with Gasteiger partial charge in [-0.25, -0.2) is 0 Å². The Morgan fingerprint density at radius 3 is 2.96 bits per heavy atom. The monoisotopic (exact) mass is 337 g/mol. The molecule has 1 amide bonds. The highest BCUT2D eigenvalue weighted by atomic mass is 35.5. The van der Waals surface area contributed by atoms with Crippen LogP contribution in [0, 0.1) is 0 Å². The van der Waals surface area contributed by atoms with Crippen molar-refractivity contribution in [1.82, 2.24) is 15.3 Å². The van der Waals surface area contributed by atoms with Crippen molar-refractivity contribution in [3.8, 4) is 0 Å². The Hall–Kier alpha value is -2.46. The normalized spacial score (nSPS) is 13.0. The van der Waals surface area contributed by atoms with Crippen LogP contribution in [0.4, 0.5) is 0 Å². The Balaban J connectivity index is 1.60. The van der Waals surface area contributed by atoms with Gasteiger partial charge >= 0.3 is 0 Å². The average Bonchev–Trinajstić information content (AvgIpc) is 3.09. The third-order valence-corrected chi connectivity index (χ3v) is 4.79. The van der Waals surface area contributed by atoms with Crippen LogP contribution in [-0.4, -0.2) is 15.9 Å². The van der Waals surface area contributed by atoms with Crippen molar-refractivity contribution in [1.29, 1.82) is 0 Å². The lowest BCUT2D eigenvalue weighted by atomic mass is 10.1. The number of hydrogen-bond acceptors (Lipinski definition) is 3. The van der Waals surface area contributed by atoms with Crippen molar-refractivity contribution in [3.63, 3.8) is 0 Å². The highest BCUT2D eigenvalue weighted by Gasteiger charge is 2.19. The fraction of sp³-hybridized carbons (Fsp3) is 0.211. The fourth-order valence-corrected chi connectivity index (χ4v) is 3.49. The Morgan fingerprint density at radius 2 is 2.12 bits per heavy atom. The number of nitrogens with zero attached hydrogens (tertiary/aromatic N) is 2. The van der Waals surface area contributed by atoms with Crippen molar-refractivity contribution in [2.24, 2.45) is 0 Å². The Morgan fingerprint density at radius 1 is 1.21 bits per heavy atom. The maximum Gasteiger partial charge on any atom is 0.251 e. The molecule has 0 fully saturated rings. The molecule has 4 rings (SSSR count). The first kappa shape index (κ1) is 15.1. The third kappa shape index (κ3) is 2.74. The van der Waals surface area contributed by atoms with E-state index in [1.807, 2.05) is 30.3 Å². The molecule has 2 heterocycles. The van der Waals surface area contributed by atoms with Gasteiger partial charge in [0.2, 0.25) is 0 Å². The molecule has 0 unspecified atom stereocenters. The molecule has 4 nitrogen and oxygen atoms in total. The molecule has 2 aromatic heterocycles. The number of rotatable bonds is 3. The van der Waals surface area contributed by atoms with Crippen molar-refractivity contribution in [3.05, 3.63) is 70.1 Å². The number of nitrogens with one attached hydrogen (secondary N) is 1. The zero-order valence-corrected chi connectivity index (χ0v) is 13.8. The molecule has 0 spiro atoms. The molecule has 1 N–H and O–H groups in total. The van der Waals surface area contributed by atoms with Crippen molar-refractivity contribution in [2.75, 3.05) is 0 Å². The summed E-state index contributed by atoms with van der Waals surface area (Å²) in [5.41, 5.74) is 4.42. The Kier molecular flexibility index (Phi) is 3.90. The lowest BCUT2D eigenvalue weighted by Crippen LogP contribution is -2.23. The standard InChI is InChI=1S/C19H16ClN3O/c20-18-14-5-3-6-16(14)23-17-10-12(7-8-15(17)18)19(24)22-11-13-4-1-2-9-21-13/h1-2,4,7-10H,3,5-6,11H2,(H,22,24). The largest absolute Gasteiger partial charge is 0.346 e. The summed E-state index contributed by atoms with van der Waals surface area (Å²) in [5, 5.41) is 4.59. The van der Waals surface area contributed by atoms with E-state index >= 15 is 0 Å². The molecule has 0 aliphatic heterocycles. The number of amides is 1. The maximum atomic E-state index is 12.4. The number of carbonyl (C=O) groups is 1. The highest BCUT2D eigenvalue weighted by molar-refractivity contribution is 6.36. The molecule has 0 saturated heterocycles. The summed E-state index contributed by atoms with van der Waals surface area (Å²) < 4.78 is 0. The molecule has 0 bridgehead atoms. The maximum absolute atomic E-state index is 12.4. The zero-order valence-electron chi connectivity index (χ0n) is 13.1. The summed E-state index contributed by atoms with van der Waals surface area (Å²) in [4.78, 5) is 21.3. The van der Waals surface area contributed by atoms with Gasteiger partial charge in [0.25, 0.3) is 5.91 Å².